The molecule has 1 atom stereocenters. The molecular weight excluding hydrogens is 260 g/mol. The van der Waals surface area contributed by atoms with Crippen LogP contribution in [0.4, 0.5) is 8.78 Å². The Hall–Kier alpha value is -1.16. The van der Waals surface area contributed by atoms with Crippen LogP contribution in [0.3, 0.4) is 0 Å². The van der Waals surface area contributed by atoms with Gasteiger partial charge >= 0.3 is 6.61 Å². The zero-order valence-electron chi connectivity index (χ0n) is 11.9. The van der Waals surface area contributed by atoms with E-state index in [4.69, 9.17) is 0 Å². The van der Waals surface area contributed by atoms with E-state index in [-0.39, 0.29) is 11.8 Å². The van der Waals surface area contributed by atoms with Gasteiger partial charge in [-0.2, -0.15) is 8.78 Å². The van der Waals surface area contributed by atoms with E-state index in [1.807, 2.05) is 13.1 Å². The number of halogens is 2. The van der Waals surface area contributed by atoms with Crippen molar-refractivity contribution in [1.29, 1.82) is 0 Å². The van der Waals surface area contributed by atoms with Crippen LogP contribution in [0.2, 0.25) is 0 Å². The molecule has 20 heavy (non-hydrogen) atoms. The molecule has 1 N–H and O–H groups in total. The lowest BCUT2D eigenvalue weighted by atomic mass is 9.87. The summed E-state index contributed by atoms with van der Waals surface area (Å²) < 4.78 is 29.1. The average molecular weight is 283 g/mol. The minimum atomic E-state index is -2.77. The van der Waals surface area contributed by atoms with Crippen molar-refractivity contribution in [3.05, 3.63) is 29.8 Å². The fraction of sp³-hybridized carbons (Fsp3) is 0.625. The number of alkyl halides is 2. The molecule has 1 aliphatic carbocycles. The second-order valence-electron chi connectivity index (χ2n) is 5.47. The van der Waals surface area contributed by atoms with Crippen LogP contribution in [-0.2, 0) is 0 Å². The van der Waals surface area contributed by atoms with E-state index in [0.29, 0.717) is 5.92 Å². The van der Waals surface area contributed by atoms with Crippen LogP contribution in [0.25, 0.3) is 0 Å². The second kappa shape index (κ2) is 7.58. The summed E-state index contributed by atoms with van der Waals surface area (Å²) in [4.78, 5) is 0. The summed E-state index contributed by atoms with van der Waals surface area (Å²) in [7, 11) is 1.94. The van der Waals surface area contributed by atoms with Crippen LogP contribution in [-0.4, -0.2) is 13.7 Å². The van der Waals surface area contributed by atoms with Crippen LogP contribution < -0.4 is 10.1 Å². The van der Waals surface area contributed by atoms with Crippen LogP contribution >= 0.6 is 0 Å². The van der Waals surface area contributed by atoms with Gasteiger partial charge in [-0.3, -0.25) is 0 Å². The lowest BCUT2D eigenvalue weighted by Gasteiger charge is -2.26. The number of ether oxygens (including phenoxy) is 1. The topological polar surface area (TPSA) is 21.3 Å². The maximum absolute atomic E-state index is 12.3. The monoisotopic (exact) mass is 283 g/mol. The molecule has 1 unspecified atom stereocenters. The van der Waals surface area contributed by atoms with Crippen LogP contribution in [0.15, 0.2) is 24.3 Å². The molecule has 112 valence electrons. The highest BCUT2D eigenvalue weighted by molar-refractivity contribution is 5.31. The lowest BCUT2D eigenvalue weighted by Crippen LogP contribution is -2.25. The first-order valence-electron chi connectivity index (χ1n) is 7.42. The summed E-state index contributed by atoms with van der Waals surface area (Å²) in [5, 5.41) is 3.35. The molecule has 2 rings (SSSR count). The molecule has 0 aromatic heterocycles. The largest absolute Gasteiger partial charge is 0.435 e. The van der Waals surface area contributed by atoms with Gasteiger partial charge in [-0.1, -0.05) is 37.8 Å². The van der Waals surface area contributed by atoms with Gasteiger partial charge in [-0.05, 0) is 43.5 Å². The van der Waals surface area contributed by atoms with Gasteiger partial charge in [0.1, 0.15) is 5.75 Å². The highest BCUT2D eigenvalue weighted by Crippen LogP contribution is 2.34. The lowest BCUT2D eigenvalue weighted by molar-refractivity contribution is -0.0499. The van der Waals surface area contributed by atoms with Crippen molar-refractivity contribution in [3.63, 3.8) is 0 Å². The van der Waals surface area contributed by atoms with Crippen LogP contribution in [0.1, 0.15) is 50.1 Å². The van der Waals surface area contributed by atoms with E-state index >= 15 is 0 Å². The summed E-state index contributed by atoms with van der Waals surface area (Å²) in [6.45, 7) is -2.77. The van der Waals surface area contributed by atoms with E-state index in [9.17, 15) is 8.78 Å². The predicted octanol–water partition coefficient (Wildman–Crippen LogP) is 4.52. The number of hydrogen-bond donors (Lipinski definition) is 1. The molecule has 4 heteroatoms. The molecule has 0 radical (unpaired) electrons. The minimum Gasteiger partial charge on any atom is -0.435 e. The van der Waals surface area contributed by atoms with Crippen LogP contribution in [0.5, 0.6) is 5.75 Å². The molecule has 0 saturated heterocycles. The average Bonchev–Trinajstić information content (AvgIpc) is 2.68. The normalized spacial score (nSPS) is 18.8. The quantitative estimate of drug-likeness (QED) is 0.802. The van der Waals surface area contributed by atoms with Gasteiger partial charge in [0.25, 0.3) is 0 Å². The Kier molecular flexibility index (Phi) is 5.77. The standard InChI is InChI=1S/C16H23F2NO/c1-19-15(12-7-4-2-3-5-8-12)13-9-6-10-14(11-13)20-16(17)18/h6,9-12,15-16,19H,2-5,7-8H2,1H3. The maximum atomic E-state index is 12.3. The zero-order chi connectivity index (χ0) is 14.4. The van der Waals surface area contributed by atoms with Crippen molar-refractivity contribution in [2.75, 3.05) is 7.05 Å². The fourth-order valence-corrected chi connectivity index (χ4v) is 3.20. The summed E-state index contributed by atoms with van der Waals surface area (Å²) in [6, 6.07) is 7.31. The predicted molar refractivity (Wildman–Crippen MR) is 76.1 cm³/mol. The third kappa shape index (κ3) is 4.17. The molecule has 1 aliphatic rings. The summed E-state index contributed by atoms with van der Waals surface area (Å²) in [5.41, 5.74) is 1.04. The van der Waals surface area contributed by atoms with E-state index in [1.165, 1.54) is 38.5 Å². The maximum Gasteiger partial charge on any atom is 0.387 e. The SMILES string of the molecule is CNC(c1cccc(OC(F)F)c1)C1CCCCCC1. The molecule has 0 heterocycles. The summed E-state index contributed by atoms with van der Waals surface area (Å²) in [6.07, 6.45) is 7.53. The summed E-state index contributed by atoms with van der Waals surface area (Å²) >= 11 is 0. The molecule has 0 amide bonds. The first-order chi connectivity index (χ1) is 9.70. The highest BCUT2D eigenvalue weighted by atomic mass is 19.3. The van der Waals surface area contributed by atoms with Crippen molar-refractivity contribution in [1.82, 2.24) is 5.32 Å². The Morgan fingerprint density at radius 3 is 2.45 bits per heavy atom. The zero-order valence-corrected chi connectivity index (χ0v) is 11.9. The Morgan fingerprint density at radius 2 is 1.85 bits per heavy atom. The Balaban J connectivity index is 2.13. The molecule has 0 bridgehead atoms. The van der Waals surface area contributed by atoms with Gasteiger partial charge in [0, 0.05) is 6.04 Å². The Labute approximate surface area is 119 Å². The van der Waals surface area contributed by atoms with E-state index in [2.05, 4.69) is 10.1 Å². The highest BCUT2D eigenvalue weighted by Gasteiger charge is 2.23. The number of hydrogen-bond acceptors (Lipinski definition) is 2. The smallest absolute Gasteiger partial charge is 0.387 e. The van der Waals surface area contributed by atoms with Crippen LogP contribution in [0, 0.1) is 5.92 Å². The van der Waals surface area contributed by atoms with Crippen molar-refractivity contribution in [2.24, 2.45) is 5.92 Å². The third-order valence-corrected chi connectivity index (χ3v) is 4.12. The first kappa shape index (κ1) is 15.2. The summed E-state index contributed by atoms with van der Waals surface area (Å²) in [5.74, 6) is 0.815. The second-order valence-corrected chi connectivity index (χ2v) is 5.47. The van der Waals surface area contributed by atoms with Crippen molar-refractivity contribution >= 4 is 0 Å². The molecule has 0 spiro atoms. The van der Waals surface area contributed by atoms with E-state index in [1.54, 1.807) is 18.2 Å². The van der Waals surface area contributed by atoms with Gasteiger partial charge in [0.2, 0.25) is 0 Å². The molecule has 1 fully saturated rings. The molecule has 1 aromatic rings. The van der Waals surface area contributed by atoms with Crippen molar-refractivity contribution < 1.29 is 13.5 Å². The van der Waals surface area contributed by atoms with Gasteiger partial charge in [0.05, 0.1) is 0 Å². The molecule has 1 saturated carbocycles. The minimum absolute atomic E-state index is 0.217. The molecule has 1 aromatic carbocycles. The van der Waals surface area contributed by atoms with Gasteiger partial charge < -0.3 is 10.1 Å². The molecule has 0 aliphatic heterocycles. The van der Waals surface area contributed by atoms with Crippen molar-refractivity contribution in [2.45, 2.75) is 51.2 Å². The molecule has 2 nitrogen and oxygen atoms in total. The van der Waals surface area contributed by atoms with E-state index in [0.717, 1.165) is 5.56 Å². The Morgan fingerprint density at radius 1 is 1.15 bits per heavy atom. The van der Waals surface area contributed by atoms with Gasteiger partial charge in [-0.15, -0.1) is 0 Å². The molecular formula is C16H23F2NO. The van der Waals surface area contributed by atoms with Gasteiger partial charge in [-0.25, -0.2) is 0 Å². The van der Waals surface area contributed by atoms with Crippen molar-refractivity contribution in [3.8, 4) is 5.75 Å². The number of benzene rings is 1. The van der Waals surface area contributed by atoms with Gasteiger partial charge in [0.15, 0.2) is 0 Å². The third-order valence-electron chi connectivity index (χ3n) is 4.12. The fourth-order valence-electron chi connectivity index (χ4n) is 3.20. The number of rotatable bonds is 5. The Bertz CT molecular complexity index is 403. The van der Waals surface area contributed by atoms with E-state index < -0.39 is 6.61 Å². The first-order valence-corrected chi connectivity index (χ1v) is 7.42. The number of nitrogens with one attached hydrogen (secondary N) is 1.